The molecule has 0 spiro atoms. The van der Waals surface area contributed by atoms with E-state index < -0.39 is 17.8 Å². The second-order valence-corrected chi connectivity index (χ2v) is 3.75. The van der Waals surface area contributed by atoms with Crippen LogP contribution in [0, 0.1) is 5.82 Å². The molecule has 1 aromatic carbocycles. The van der Waals surface area contributed by atoms with Crippen LogP contribution in [0.4, 0.5) is 4.39 Å². The Morgan fingerprint density at radius 1 is 1.53 bits per heavy atom. The summed E-state index contributed by atoms with van der Waals surface area (Å²) in [4.78, 5) is 12.4. The molecule has 0 unspecified atom stereocenters. The highest BCUT2D eigenvalue weighted by Crippen LogP contribution is 2.28. The molecule has 0 aliphatic carbocycles. The summed E-state index contributed by atoms with van der Waals surface area (Å²) < 4.78 is 13.4. The van der Waals surface area contributed by atoms with E-state index in [1.807, 2.05) is 0 Å². The Balaban J connectivity index is 3.28. The molecule has 0 amide bonds. The van der Waals surface area contributed by atoms with E-state index >= 15 is 0 Å². The number of rotatable bonds is 3. The standard InChI is InChI=1S/C10H11ClFNO2/c1-13(2)9(10(14)15)8-6(11)4-3-5-7(8)12/h3-5,9H,1-2H3,(H,14,15)/t9-/m1/s1. The Hall–Kier alpha value is -1.13. The van der Waals surface area contributed by atoms with Crippen molar-refractivity contribution in [2.45, 2.75) is 6.04 Å². The van der Waals surface area contributed by atoms with Crippen molar-refractivity contribution in [2.75, 3.05) is 14.1 Å². The van der Waals surface area contributed by atoms with Gasteiger partial charge in [0.2, 0.25) is 0 Å². The summed E-state index contributed by atoms with van der Waals surface area (Å²) in [6.45, 7) is 0. The van der Waals surface area contributed by atoms with Crippen molar-refractivity contribution >= 4 is 17.6 Å². The number of hydrogen-bond acceptors (Lipinski definition) is 2. The molecule has 0 saturated carbocycles. The van der Waals surface area contributed by atoms with Gasteiger partial charge in [0.05, 0.1) is 0 Å². The number of halogens is 2. The van der Waals surface area contributed by atoms with Crippen LogP contribution in [-0.4, -0.2) is 30.1 Å². The summed E-state index contributed by atoms with van der Waals surface area (Å²) in [7, 11) is 3.11. The maximum Gasteiger partial charge on any atom is 0.325 e. The summed E-state index contributed by atoms with van der Waals surface area (Å²) in [6.07, 6.45) is 0. The molecule has 0 bridgehead atoms. The van der Waals surface area contributed by atoms with Crippen molar-refractivity contribution in [3.8, 4) is 0 Å². The average Bonchev–Trinajstić information content (AvgIpc) is 2.09. The van der Waals surface area contributed by atoms with E-state index in [1.54, 1.807) is 14.1 Å². The Morgan fingerprint density at radius 2 is 2.13 bits per heavy atom. The quantitative estimate of drug-likeness (QED) is 0.867. The summed E-state index contributed by atoms with van der Waals surface area (Å²) >= 11 is 5.78. The van der Waals surface area contributed by atoms with Gasteiger partial charge in [-0.05, 0) is 26.2 Å². The lowest BCUT2D eigenvalue weighted by atomic mass is 10.1. The topological polar surface area (TPSA) is 40.5 Å². The largest absolute Gasteiger partial charge is 0.480 e. The minimum atomic E-state index is -1.13. The van der Waals surface area contributed by atoms with Crippen molar-refractivity contribution in [1.82, 2.24) is 4.90 Å². The SMILES string of the molecule is CN(C)[C@@H](C(=O)O)c1c(F)cccc1Cl. The Labute approximate surface area is 92.1 Å². The van der Waals surface area contributed by atoms with E-state index in [2.05, 4.69) is 0 Å². The van der Waals surface area contributed by atoms with Gasteiger partial charge in [-0.2, -0.15) is 0 Å². The predicted octanol–water partition coefficient (Wildman–Crippen LogP) is 2.17. The van der Waals surface area contributed by atoms with Gasteiger partial charge in [-0.15, -0.1) is 0 Å². The van der Waals surface area contributed by atoms with E-state index in [0.29, 0.717) is 0 Å². The molecular formula is C10H11ClFNO2. The first-order valence-electron chi connectivity index (χ1n) is 4.28. The third kappa shape index (κ3) is 2.46. The molecule has 0 saturated heterocycles. The molecule has 1 atom stereocenters. The fourth-order valence-electron chi connectivity index (χ4n) is 1.37. The van der Waals surface area contributed by atoms with Gasteiger partial charge in [-0.1, -0.05) is 17.7 Å². The highest BCUT2D eigenvalue weighted by Gasteiger charge is 2.27. The summed E-state index contributed by atoms with van der Waals surface area (Å²) in [5, 5.41) is 9.10. The minimum absolute atomic E-state index is 0.00309. The number of carboxylic acid groups (broad SMARTS) is 1. The zero-order valence-electron chi connectivity index (χ0n) is 8.37. The van der Waals surface area contributed by atoms with Crippen molar-refractivity contribution in [3.05, 3.63) is 34.6 Å². The normalized spacial score (nSPS) is 12.9. The summed E-state index contributed by atoms with van der Waals surface area (Å²) in [6, 6.07) is 3.04. The molecule has 5 heteroatoms. The number of likely N-dealkylation sites (N-methyl/N-ethyl adjacent to an activating group) is 1. The molecule has 15 heavy (non-hydrogen) atoms. The van der Waals surface area contributed by atoms with Gasteiger partial charge in [0.15, 0.2) is 0 Å². The van der Waals surface area contributed by atoms with Crippen LogP contribution < -0.4 is 0 Å². The van der Waals surface area contributed by atoms with E-state index in [9.17, 15) is 9.18 Å². The third-order valence-electron chi connectivity index (χ3n) is 2.02. The van der Waals surface area contributed by atoms with Crippen molar-refractivity contribution < 1.29 is 14.3 Å². The lowest BCUT2D eigenvalue weighted by Crippen LogP contribution is -2.28. The van der Waals surface area contributed by atoms with Crippen molar-refractivity contribution in [3.63, 3.8) is 0 Å². The molecular weight excluding hydrogens is 221 g/mol. The molecule has 0 heterocycles. The molecule has 0 aromatic heterocycles. The number of nitrogens with zero attached hydrogens (tertiary/aromatic N) is 1. The lowest BCUT2D eigenvalue weighted by molar-refractivity contribution is -0.142. The molecule has 3 nitrogen and oxygen atoms in total. The van der Waals surface area contributed by atoms with Gasteiger partial charge < -0.3 is 5.11 Å². The van der Waals surface area contributed by atoms with Gasteiger partial charge in [0.1, 0.15) is 11.9 Å². The molecule has 0 aliphatic heterocycles. The first-order chi connectivity index (χ1) is 6.95. The molecule has 1 rings (SSSR count). The fraction of sp³-hybridized carbons (Fsp3) is 0.300. The molecule has 1 N–H and O–H groups in total. The zero-order valence-corrected chi connectivity index (χ0v) is 9.12. The van der Waals surface area contributed by atoms with Crippen LogP contribution in [0.3, 0.4) is 0 Å². The lowest BCUT2D eigenvalue weighted by Gasteiger charge is -2.21. The minimum Gasteiger partial charge on any atom is -0.480 e. The van der Waals surface area contributed by atoms with Crippen LogP contribution in [0.1, 0.15) is 11.6 Å². The monoisotopic (exact) mass is 231 g/mol. The van der Waals surface area contributed by atoms with Gasteiger partial charge >= 0.3 is 5.97 Å². The number of carboxylic acids is 1. The van der Waals surface area contributed by atoms with Gasteiger partial charge in [-0.3, -0.25) is 9.69 Å². The Kier molecular flexibility index (Phi) is 3.66. The highest BCUT2D eigenvalue weighted by molar-refractivity contribution is 6.31. The van der Waals surface area contributed by atoms with Crippen molar-refractivity contribution in [2.24, 2.45) is 0 Å². The van der Waals surface area contributed by atoms with Crippen LogP contribution in [0.25, 0.3) is 0 Å². The van der Waals surface area contributed by atoms with Gasteiger partial charge in [-0.25, -0.2) is 4.39 Å². The molecule has 0 fully saturated rings. The maximum absolute atomic E-state index is 13.4. The highest BCUT2D eigenvalue weighted by atomic mass is 35.5. The van der Waals surface area contributed by atoms with E-state index in [-0.39, 0.29) is 10.6 Å². The summed E-state index contributed by atoms with van der Waals surface area (Å²) in [5.74, 6) is -1.74. The number of aliphatic carboxylic acids is 1. The fourth-order valence-corrected chi connectivity index (χ4v) is 1.64. The Bertz CT molecular complexity index is 361. The van der Waals surface area contributed by atoms with Crippen LogP contribution in [0.5, 0.6) is 0 Å². The predicted molar refractivity (Wildman–Crippen MR) is 55.5 cm³/mol. The number of hydrogen-bond donors (Lipinski definition) is 1. The van der Waals surface area contributed by atoms with Crippen molar-refractivity contribution in [1.29, 1.82) is 0 Å². The number of benzene rings is 1. The second-order valence-electron chi connectivity index (χ2n) is 3.34. The van der Waals surface area contributed by atoms with E-state index in [0.717, 1.165) is 0 Å². The first kappa shape index (κ1) is 11.9. The van der Waals surface area contributed by atoms with E-state index in [4.69, 9.17) is 16.7 Å². The van der Waals surface area contributed by atoms with Crippen LogP contribution >= 0.6 is 11.6 Å². The third-order valence-corrected chi connectivity index (χ3v) is 2.35. The van der Waals surface area contributed by atoms with Gasteiger partial charge in [0.25, 0.3) is 0 Å². The van der Waals surface area contributed by atoms with Crippen LogP contribution in [0.2, 0.25) is 5.02 Å². The van der Waals surface area contributed by atoms with Gasteiger partial charge in [0, 0.05) is 10.6 Å². The zero-order chi connectivity index (χ0) is 11.6. The second kappa shape index (κ2) is 4.59. The smallest absolute Gasteiger partial charge is 0.325 e. The molecule has 1 aromatic rings. The average molecular weight is 232 g/mol. The molecule has 0 aliphatic rings. The maximum atomic E-state index is 13.4. The first-order valence-corrected chi connectivity index (χ1v) is 4.66. The number of carbonyl (C=O) groups is 1. The molecule has 82 valence electrons. The summed E-state index contributed by atoms with van der Waals surface area (Å²) in [5.41, 5.74) is -0.00309. The Morgan fingerprint density at radius 3 is 2.53 bits per heavy atom. The molecule has 0 radical (unpaired) electrons. The van der Waals surface area contributed by atoms with Crippen LogP contribution in [-0.2, 0) is 4.79 Å². The van der Waals surface area contributed by atoms with E-state index in [1.165, 1.54) is 23.1 Å². The van der Waals surface area contributed by atoms with Crippen LogP contribution in [0.15, 0.2) is 18.2 Å².